The Hall–Kier alpha value is -3.51. The third kappa shape index (κ3) is 4.53. The number of aromatic nitrogens is 1. The monoisotopic (exact) mass is 497 g/mol. The molecule has 1 unspecified atom stereocenters. The highest BCUT2D eigenvalue weighted by Crippen LogP contribution is 2.41. The van der Waals surface area contributed by atoms with Crippen molar-refractivity contribution in [2.45, 2.75) is 52.9 Å². The number of nitrogens with zero attached hydrogens (tertiary/aromatic N) is 1. The van der Waals surface area contributed by atoms with Gasteiger partial charge in [0.15, 0.2) is 0 Å². The predicted octanol–water partition coefficient (Wildman–Crippen LogP) is 6.84. The molecule has 1 aliphatic rings. The maximum atomic E-state index is 13.7. The van der Waals surface area contributed by atoms with Gasteiger partial charge in [-0.2, -0.15) is 0 Å². The van der Waals surface area contributed by atoms with Crippen LogP contribution in [0.15, 0.2) is 48.5 Å². The minimum Gasteiger partial charge on any atom is -0.365 e. The molecule has 184 valence electrons. The van der Waals surface area contributed by atoms with E-state index in [1.165, 1.54) is 28.2 Å². The van der Waals surface area contributed by atoms with Crippen LogP contribution in [0.25, 0.3) is 22.2 Å². The molecule has 0 saturated heterocycles. The number of hydrogen-bond donors (Lipinski definition) is 2. The summed E-state index contributed by atoms with van der Waals surface area (Å²) in [4.78, 5) is 32.2. The van der Waals surface area contributed by atoms with E-state index in [4.69, 9.17) is 10.7 Å². The Balaban J connectivity index is 1.56. The Bertz CT molecular complexity index is 1490. The molecule has 2 amide bonds. The number of pyridine rings is 1. The Kier molecular flexibility index (Phi) is 6.63. The summed E-state index contributed by atoms with van der Waals surface area (Å²) in [5.41, 5.74) is 12.6. The number of fused-ring (bicyclic) bond motifs is 2. The molecule has 0 fully saturated rings. The van der Waals surface area contributed by atoms with Crippen molar-refractivity contribution in [3.8, 4) is 11.3 Å². The highest BCUT2D eigenvalue weighted by molar-refractivity contribution is 7.17. The zero-order chi connectivity index (χ0) is 25.4. The molecular weight excluding hydrogens is 466 g/mol. The molecular formula is C30H31N3O2S. The maximum absolute atomic E-state index is 13.7. The van der Waals surface area contributed by atoms with Gasteiger partial charge in [-0.1, -0.05) is 61.7 Å². The molecule has 3 N–H and O–H groups in total. The highest BCUT2D eigenvalue weighted by atomic mass is 32.1. The van der Waals surface area contributed by atoms with Gasteiger partial charge < -0.3 is 11.1 Å². The van der Waals surface area contributed by atoms with E-state index >= 15 is 0 Å². The molecule has 2 aromatic carbocycles. The molecule has 5 nitrogen and oxygen atoms in total. The average molecular weight is 498 g/mol. The number of aryl methyl sites for hydroxylation is 2. The molecule has 0 radical (unpaired) electrons. The van der Waals surface area contributed by atoms with Crippen LogP contribution in [0.4, 0.5) is 5.00 Å². The minimum atomic E-state index is -0.479. The topological polar surface area (TPSA) is 85.1 Å². The third-order valence-electron chi connectivity index (χ3n) is 7.16. The van der Waals surface area contributed by atoms with E-state index in [0.29, 0.717) is 22.0 Å². The molecule has 0 spiro atoms. The summed E-state index contributed by atoms with van der Waals surface area (Å²) in [5.74, 6) is -0.118. The number of benzene rings is 2. The molecule has 0 bridgehead atoms. The summed E-state index contributed by atoms with van der Waals surface area (Å²) in [7, 11) is 0. The van der Waals surface area contributed by atoms with Gasteiger partial charge in [0.05, 0.1) is 22.3 Å². The minimum absolute atomic E-state index is 0.259. The average Bonchev–Trinajstić information content (AvgIpc) is 3.20. The van der Waals surface area contributed by atoms with E-state index in [0.717, 1.165) is 59.0 Å². The summed E-state index contributed by atoms with van der Waals surface area (Å²) >= 11 is 1.50. The largest absolute Gasteiger partial charge is 0.365 e. The molecule has 2 heterocycles. The zero-order valence-electron chi connectivity index (χ0n) is 21.0. The SMILES string of the molecule is CCCC1CCc2c(sc(NC(=O)c3cc(-c4ccc(C)cc4C)nc4ccccc34)c2C(N)=O)C1. The fourth-order valence-corrected chi connectivity index (χ4v) is 6.79. The first kappa shape index (κ1) is 24.2. The number of hydrogen-bond acceptors (Lipinski definition) is 4. The van der Waals surface area contributed by atoms with Crippen molar-refractivity contribution >= 4 is 39.1 Å². The van der Waals surface area contributed by atoms with Crippen molar-refractivity contribution in [1.29, 1.82) is 0 Å². The van der Waals surface area contributed by atoms with Crippen LogP contribution in [-0.2, 0) is 12.8 Å². The second-order valence-electron chi connectivity index (χ2n) is 9.81. The number of rotatable bonds is 6. The standard InChI is InChI=1S/C30H31N3O2S/c1-4-7-19-11-13-22-26(15-19)36-30(27(22)28(31)34)33-29(35)23-16-25(20-12-10-17(2)14-18(20)3)32-24-9-6-5-8-21(23)24/h5-6,8-10,12,14,16,19H,4,7,11,13,15H2,1-3H3,(H2,31,34)(H,33,35). The lowest BCUT2D eigenvalue weighted by Crippen LogP contribution is -2.20. The van der Waals surface area contributed by atoms with Crippen LogP contribution in [0.1, 0.15) is 68.5 Å². The molecule has 1 atom stereocenters. The molecule has 4 aromatic rings. The van der Waals surface area contributed by atoms with E-state index in [2.05, 4.69) is 44.3 Å². The van der Waals surface area contributed by atoms with Gasteiger partial charge in [0.1, 0.15) is 5.00 Å². The van der Waals surface area contributed by atoms with Gasteiger partial charge in [-0.05, 0) is 62.3 Å². The van der Waals surface area contributed by atoms with Crippen molar-refractivity contribution in [3.63, 3.8) is 0 Å². The van der Waals surface area contributed by atoms with Crippen molar-refractivity contribution in [2.24, 2.45) is 11.7 Å². The van der Waals surface area contributed by atoms with Crippen molar-refractivity contribution in [2.75, 3.05) is 5.32 Å². The zero-order valence-corrected chi connectivity index (χ0v) is 21.8. The second-order valence-corrected chi connectivity index (χ2v) is 10.9. The van der Waals surface area contributed by atoms with Gasteiger partial charge in [0.2, 0.25) is 0 Å². The number of nitrogens with two attached hydrogens (primary N) is 1. The molecule has 5 rings (SSSR count). The number of carbonyl (C=O) groups excluding carboxylic acids is 2. The fraction of sp³-hybridized carbons (Fsp3) is 0.300. The predicted molar refractivity (Wildman–Crippen MR) is 148 cm³/mol. The highest BCUT2D eigenvalue weighted by Gasteiger charge is 2.29. The van der Waals surface area contributed by atoms with Crippen LogP contribution >= 0.6 is 11.3 Å². The van der Waals surface area contributed by atoms with Crippen molar-refractivity contribution < 1.29 is 9.59 Å². The van der Waals surface area contributed by atoms with E-state index in [-0.39, 0.29) is 5.91 Å². The van der Waals surface area contributed by atoms with Gasteiger partial charge in [-0.3, -0.25) is 9.59 Å². The van der Waals surface area contributed by atoms with Crippen LogP contribution < -0.4 is 11.1 Å². The first-order chi connectivity index (χ1) is 17.4. The Morgan fingerprint density at radius 2 is 1.94 bits per heavy atom. The van der Waals surface area contributed by atoms with Crippen LogP contribution in [0.5, 0.6) is 0 Å². The smallest absolute Gasteiger partial charge is 0.257 e. The number of para-hydroxylation sites is 1. The number of anilines is 1. The molecule has 0 aliphatic heterocycles. The summed E-state index contributed by atoms with van der Waals surface area (Å²) in [6.07, 6.45) is 5.16. The van der Waals surface area contributed by atoms with Crippen molar-refractivity contribution in [1.82, 2.24) is 4.98 Å². The van der Waals surface area contributed by atoms with Gasteiger partial charge in [0, 0.05) is 15.8 Å². The van der Waals surface area contributed by atoms with Crippen LogP contribution in [0.3, 0.4) is 0 Å². The van der Waals surface area contributed by atoms with E-state index in [1.807, 2.05) is 30.3 Å². The Labute approximate surface area is 215 Å². The molecule has 0 saturated carbocycles. The summed E-state index contributed by atoms with van der Waals surface area (Å²) < 4.78 is 0. The van der Waals surface area contributed by atoms with Crippen molar-refractivity contribution in [3.05, 3.63) is 81.2 Å². The van der Waals surface area contributed by atoms with Crippen LogP contribution in [0, 0.1) is 19.8 Å². The Morgan fingerprint density at radius 1 is 1.14 bits per heavy atom. The summed E-state index contributed by atoms with van der Waals surface area (Å²) in [5, 5.41) is 4.39. The van der Waals surface area contributed by atoms with Crippen LogP contribution in [0.2, 0.25) is 0 Å². The molecule has 1 aliphatic carbocycles. The van der Waals surface area contributed by atoms with Gasteiger partial charge in [-0.15, -0.1) is 11.3 Å². The lowest BCUT2D eigenvalue weighted by molar-refractivity contribution is 0.1000. The van der Waals surface area contributed by atoms with E-state index in [1.54, 1.807) is 0 Å². The van der Waals surface area contributed by atoms with Gasteiger partial charge in [-0.25, -0.2) is 4.98 Å². The van der Waals surface area contributed by atoms with Gasteiger partial charge in [0.25, 0.3) is 11.8 Å². The second kappa shape index (κ2) is 9.86. The number of thiophene rings is 1. The quantitative estimate of drug-likeness (QED) is 0.306. The first-order valence-corrected chi connectivity index (χ1v) is 13.4. The fourth-order valence-electron chi connectivity index (χ4n) is 5.43. The molecule has 6 heteroatoms. The molecule has 2 aromatic heterocycles. The summed E-state index contributed by atoms with van der Waals surface area (Å²) in [6.45, 7) is 6.32. The lowest BCUT2D eigenvalue weighted by atomic mass is 9.84. The number of nitrogens with one attached hydrogen (secondary N) is 1. The number of carbonyl (C=O) groups is 2. The maximum Gasteiger partial charge on any atom is 0.257 e. The lowest BCUT2D eigenvalue weighted by Gasteiger charge is -2.21. The number of amides is 2. The van der Waals surface area contributed by atoms with Gasteiger partial charge >= 0.3 is 0 Å². The number of primary amides is 1. The third-order valence-corrected chi connectivity index (χ3v) is 8.33. The first-order valence-electron chi connectivity index (χ1n) is 12.6. The van der Waals surface area contributed by atoms with E-state index < -0.39 is 5.91 Å². The summed E-state index contributed by atoms with van der Waals surface area (Å²) in [6, 6.07) is 15.7. The van der Waals surface area contributed by atoms with E-state index in [9.17, 15) is 9.59 Å². The Morgan fingerprint density at radius 3 is 2.69 bits per heavy atom. The van der Waals surface area contributed by atoms with Crippen LogP contribution in [-0.4, -0.2) is 16.8 Å². The normalized spacial score (nSPS) is 15.0. The molecule has 36 heavy (non-hydrogen) atoms.